The summed E-state index contributed by atoms with van der Waals surface area (Å²) in [4.78, 5) is 19.2. The van der Waals surface area contributed by atoms with E-state index < -0.39 is 0 Å². The lowest BCUT2D eigenvalue weighted by Crippen LogP contribution is -2.41. The fourth-order valence-corrected chi connectivity index (χ4v) is 3.63. The van der Waals surface area contributed by atoms with Crippen molar-refractivity contribution in [2.45, 2.75) is 31.9 Å². The second-order valence-corrected chi connectivity index (χ2v) is 7.37. The van der Waals surface area contributed by atoms with E-state index in [0.29, 0.717) is 24.0 Å². The Bertz CT molecular complexity index is 1000. The number of aromatic nitrogens is 2. The molecule has 1 aromatic heterocycles. The molecule has 0 aliphatic carbocycles. The highest BCUT2D eigenvalue weighted by Crippen LogP contribution is 2.31. The summed E-state index contributed by atoms with van der Waals surface area (Å²) in [6.07, 6.45) is 2.67. The Labute approximate surface area is 180 Å². The predicted molar refractivity (Wildman–Crippen MR) is 112 cm³/mol. The Morgan fingerprint density at radius 3 is 2.58 bits per heavy atom. The summed E-state index contributed by atoms with van der Waals surface area (Å²) in [7, 11) is 1.62. The van der Waals surface area contributed by atoms with E-state index in [1.54, 1.807) is 36.3 Å². The Kier molecular flexibility index (Phi) is 6.47. The zero-order chi connectivity index (χ0) is 21.6. The molecule has 1 N–H and O–H groups in total. The summed E-state index contributed by atoms with van der Waals surface area (Å²) < 4.78 is 16.4. The first-order chi connectivity index (χ1) is 15.2. The second-order valence-electron chi connectivity index (χ2n) is 7.37. The zero-order valence-electron chi connectivity index (χ0n) is 17.4. The van der Waals surface area contributed by atoms with Crippen LogP contribution >= 0.6 is 0 Å². The van der Waals surface area contributed by atoms with Gasteiger partial charge in [0.1, 0.15) is 17.5 Å². The SMILES string of the molecule is COc1ccc(-c2noc([C@H]3CCCCN3C(=O)COc3ccc(CO)cc3)n2)cc1. The Morgan fingerprint density at radius 2 is 1.87 bits per heavy atom. The molecule has 31 heavy (non-hydrogen) atoms. The molecule has 0 unspecified atom stereocenters. The first kappa shape index (κ1) is 20.9. The third kappa shape index (κ3) is 4.86. The number of hydrogen-bond donors (Lipinski definition) is 1. The molecular weight excluding hydrogens is 398 g/mol. The summed E-state index contributed by atoms with van der Waals surface area (Å²) in [5.41, 5.74) is 1.61. The molecule has 0 spiro atoms. The molecule has 3 aromatic rings. The number of carbonyl (C=O) groups excluding carboxylic acids is 1. The van der Waals surface area contributed by atoms with Crippen LogP contribution in [-0.2, 0) is 11.4 Å². The highest BCUT2D eigenvalue weighted by molar-refractivity contribution is 5.78. The van der Waals surface area contributed by atoms with Crippen molar-refractivity contribution in [2.24, 2.45) is 0 Å². The minimum atomic E-state index is -0.263. The van der Waals surface area contributed by atoms with Gasteiger partial charge >= 0.3 is 0 Å². The third-order valence-corrected chi connectivity index (χ3v) is 5.37. The van der Waals surface area contributed by atoms with Crippen LogP contribution in [-0.4, -0.2) is 46.3 Å². The van der Waals surface area contributed by atoms with Gasteiger partial charge in [-0.05, 0) is 61.2 Å². The molecule has 1 amide bonds. The fraction of sp³-hybridized carbons (Fsp3) is 0.348. The molecule has 162 valence electrons. The van der Waals surface area contributed by atoms with E-state index in [4.69, 9.17) is 19.1 Å². The van der Waals surface area contributed by atoms with Gasteiger partial charge in [-0.2, -0.15) is 4.98 Å². The number of rotatable bonds is 7. The highest BCUT2D eigenvalue weighted by Gasteiger charge is 2.32. The maximum atomic E-state index is 12.9. The van der Waals surface area contributed by atoms with Gasteiger partial charge in [-0.15, -0.1) is 0 Å². The quantitative estimate of drug-likeness (QED) is 0.622. The van der Waals surface area contributed by atoms with Crippen LogP contribution in [0, 0.1) is 0 Å². The van der Waals surface area contributed by atoms with Crippen LogP contribution in [0.5, 0.6) is 11.5 Å². The van der Waals surface area contributed by atoms with Gasteiger partial charge in [0.15, 0.2) is 6.61 Å². The molecule has 0 bridgehead atoms. The summed E-state index contributed by atoms with van der Waals surface area (Å²) in [6, 6.07) is 14.2. The first-order valence-corrected chi connectivity index (χ1v) is 10.3. The smallest absolute Gasteiger partial charge is 0.261 e. The summed E-state index contributed by atoms with van der Waals surface area (Å²) in [5, 5.41) is 13.2. The van der Waals surface area contributed by atoms with Crippen LogP contribution in [0.15, 0.2) is 53.1 Å². The number of benzene rings is 2. The van der Waals surface area contributed by atoms with Crippen molar-refractivity contribution in [3.05, 3.63) is 60.0 Å². The molecule has 4 rings (SSSR count). The van der Waals surface area contributed by atoms with E-state index in [0.717, 1.165) is 36.1 Å². The monoisotopic (exact) mass is 423 g/mol. The summed E-state index contributed by atoms with van der Waals surface area (Å²) in [6.45, 7) is 0.516. The van der Waals surface area contributed by atoms with Crippen molar-refractivity contribution in [3.8, 4) is 22.9 Å². The van der Waals surface area contributed by atoms with E-state index >= 15 is 0 Å². The van der Waals surface area contributed by atoms with E-state index in [1.807, 2.05) is 24.3 Å². The molecule has 8 heteroatoms. The third-order valence-electron chi connectivity index (χ3n) is 5.37. The molecule has 0 saturated carbocycles. The minimum absolute atomic E-state index is 0.0304. The van der Waals surface area contributed by atoms with Gasteiger partial charge in [-0.1, -0.05) is 17.3 Å². The minimum Gasteiger partial charge on any atom is -0.497 e. The normalized spacial score (nSPS) is 16.2. The number of carbonyl (C=O) groups is 1. The van der Waals surface area contributed by atoms with Gasteiger partial charge in [-0.25, -0.2) is 0 Å². The van der Waals surface area contributed by atoms with E-state index in [2.05, 4.69) is 10.1 Å². The number of methoxy groups -OCH3 is 1. The number of amides is 1. The topological polar surface area (TPSA) is 97.9 Å². The van der Waals surface area contributed by atoms with Crippen molar-refractivity contribution in [3.63, 3.8) is 0 Å². The van der Waals surface area contributed by atoms with Gasteiger partial charge in [0.25, 0.3) is 5.91 Å². The van der Waals surface area contributed by atoms with Crippen LogP contribution in [0.25, 0.3) is 11.4 Å². The molecular formula is C23H25N3O5. The molecule has 1 aliphatic rings. The first-order valence-electron chi connectivity index (χ1n) is 10.3. The van der Waals surface area contributed by atoms with Gasteiger partial charge < -0.3 is 24.0 Å². The van der Waals surface area contributed by atoms with Gasteiger partial charge in [0, 0.05) is 12.1 Å². The maximum absolute atomic E-state index is 12.9. The van der Waals surface area contributed by atoms with Crippen LogP contribution in [0.2, 0.25) is 0 Å². The van der Waals surface area contributed by atoms with Gasteiger partial charge in [0.2, 0.25) is 11.7 Å². The standard InChI is InChI=1S/C23H25N3O5/c1-29-18-11-7-17(8-12-18)22-24-23(31-25-22)20-4-2-3-13-26(20)21(28)15-30-19-9-5-16(14-27)6-10-19/h5-12,20,27H,2-4,13-15H2,1H3/t20-/m1/s1. The predicted octanol–water partition coefficient (Wildman–Crippen LogP) is 3.37. The van der Waals surface area contributed by atoms with Crippen molar-refractivity contribution in [2.75, 3.05) is 20.3 Å². The van der Waals surface area contributed by atoms with Crippen molar-refractivity contribution < 1.29 is 23.9 Å². The molecule has 2 aromatic carbocycles. The molecule has 1 saturated heterocycles. The average molecular weight is 423 g/mol. The number of aliphatic hydroxyl groups excluding tert-OH is 1. The highest BCUT2D eigenvalue weighted by atomic mass is 16.5. The number of ether oxygens (including phenoxy) is 2. The van der Waals surface area contributed by atoms with E-state index in [-0.39, 0.29) is 25.2 Å². The second kappa shape index (κ2) is 9.61. The Balaban J connectivity index is 1.44. The lowest BCUT2D eigenvalue weighted by Gasteiger charge is -2.33. The van der Waals surface area contributed by atoms with Gasteiger partial charge in [0.05, 0.1) is 13.7 Å². The van der Waals surface area contributed by atoms with Crippen molar-refractivity contribution in [1.82, 2.24) is 15.0 Å². The van der Waals surface area contributed by atoms with Crippen molar-refractivity contribution in [1.29, 1.82) is 0 Å². The lowest BCUT2D eigenvalue weighted by molar-refractivity contribution is -0.138. The molecule has 1 atom stereocenters. The number of hydrogen-bond acceptors (Lipinski definition) is 7. The number of aliphatic hydroxyl groups is 1. The Hall–Kier alpha value is -3.39. The molecule has 1 aliphatic heterocycles. The van der Waals surface area contributed by atoms with Crippen molar-refractivity contribution >= 4 is 5.91 Å². The number of nitrogens with zero attached hydrogens (tertiary/aromatic N) is 3. The summed E-state index contributed by atoms with van der Waals surface area (Å²) >= 11 is 0. The molecule has 1 fully saturated rings. The van der Waals surface area contributed by atoms with Crippen LogP contribution < -0.4 is 9.47 Å². The fourth-order valence-electron chi connectivity index (χ4n) is 3.63. The van der Waals surface area contributed by atoms with E-state index in [1.165, 1.54) is 0 Å². The van der Waals surface area contributed by atoms with Gasteiger partial charge in [-0.3, -0.25) is 4.79 Å². The number of piperidine rings is 1. The largest absolute Gasteiger partial charge is 0.497 e. The molecule has 8 nitrogen and oxygen atoms in total. The molecule has 2 heterocycles. The maximum Gasteiger partial charge on any atom is 0.261 e. The molecule has 0 radical (unpaired) electrons. The van der Waals surface area contributed by atoms with Crippen LogP contribution in [0.1, 0.15) is 36.8 Å². The zero-order valence-corrected chi connectivity index (χ0v) is 17.4. The lowest BCUT2D eigenvalue weighted by atomic mass is 10.0. The summed E-state index contributed by atoms with van der Waals surface area (Å²) in [5.74, 6) is 2.13. The van der Waals surface area contributed by atoms with Crippen LogP contribution in [0.4, 0.5) is 0 Å². The Morgan fingerprint density at radius 1 is 1.13 bits per heavy atom. The average Bonchev–Trinajstić information content (AvgIpc) is 3.33. The van der Waals surface area contributed by atoms with E-state index in [9.17, 15) is 4.79 Å². The van der Waals surface area contributed by atoms with Crippen LogP contribution in [0.3, 0.4) is 0 Å². The number of likely N-dealkylation sites (tertiary alicyclic amines) is 1.